The van der Waals surface area contributed by atoms with Crippen LogP contribution in [0.4, 0.5) is 15.8 Å². The number of piperidine rings is 1. The number of hydrogen-bond donors (Lipinski definition) is 1. The maximum absolute atomic E-state index is 13.1. The third-order valence-corrected chi connectivity index (χ3v) is 4.69. The molecule has 0 atom stereocenters. The van der Waals surface area contributed by atoms with Gasteiger partial charge in [-0.1, -0.05) is 23.2 Å². The molecule has 0 radical (unpaired) electrons. The number of halogens is 3. The smallest absolute Gasteiger partial charge is 0.257 e. The van der Waals surface area contributed by atoms with E-state index in [1.807, 2.05) is 12.1 Å². The van der Waals surface area contributed by atoms with E-state index in [0.29, 0.717) is 10.7 Å². The second-order valence-corrected chi connectivity index (χ2v) is 6.61. The van der Waals surface area contributed by atoms with Gasteiger partial charge in [-0.25, -0.2) is 4.39 Å². The molecule has 3 nitrogen and oxygen atoms in total. The van der Waals surface area contributed by atoms with Gasteiger partial charge in [-0.2, -0.15) is 0 Å². The quantitative estimate of drug-likeness (QED) is 0.791. The van der Waals surface area contributed by atoms with Crippen LogP contribution in [0.1, 0.15) is 29.6 Å². The summed E-state index contributed by atoms with van der Waals surface area (Å²) in [6.45, 7) is 1.99. The molecule has 24 heavy (non-hydrogen) atoms. The number of rotatable bonds is 3. The maximum Gasteiger partial charge on any atom is 0.257 e. The van der Waals surface area contributed by atoms with Gasteiger partial charge >= 0.3 is 0 Å². The van der Waals surface area contributed by atoms with Crippen molar-refractivity contribution in [3.63, 3.8) is 0 Å². The minimum absolute atomic E-state index is 0.0727. The van der Waals surface area contributed by atoms with Crippen LogP contribution in [0.3, 0.4) is 0 Å². The number of nitrogens with zero attached hydrogens (tertiary/aromatic N) is 1. The Hall–Kier alpha value is -1.78. The van der Waals surface area contributed by atoms with Crippen molar-refractivity contribution in [1.82, 2.24) is 0 Å². The molecular weight excluding hydrogens is 350 g/mol. The molecule has 2 aromatic carbocycles. The van der Waals surface area contributed by atoms with Crippen LogP contribution in [0.2, 0.25) is 10.0 Å². The zero-order valence-corrected chi connectivity index (χ0v) is 14.5. The molecule has 1 N–H and O–H groups in total. The van der Waals surface area contributed by atoms with Crippen molar-refractivity contribution in [2.24, 2.45) is 0 Å². The van der Waals surface area contributed by atoms with E-state index in [2.05, 4.69) is 10.2 Å². The molecule has 6 heteroatoms. The molecule has 0 bridgehead atoms. The first kappa shape index (κ1) is 17.1. The number of anilines is 2. The Balaban J connectivity index is 1.75. The average molecular weight is 367 g/mol. The van der Waals surface area contributed by atoms with Crippen LogP contribution in [0.25, 0.3) is 0 Å². The highest BCUT2D eigenvalue weighted by atomic mass is 35.5. The van der Waals surface area contributed by atoms with Gasteiger partial charge < -0.3 is 10.2 Å². The van der Waals surface area contributed by atoms with Crippen molar-refractivity contribution in [1.29, 1.82) is 0 Å². The van der Waals surface area contributed by atoms with Gasteiger partial charge in [0, 0.05) is 18.8 Å². The lowest BCUT2D eigenvalue weighted by atomic mass is 10.1. The monoisotopic (exact) mass is 366 g/mol. The second kappa shape index (κ2) is 7.41. The van der Waals surface area contributed by atoms with Crippen LogP contribution in [0.15, 0.2) is 36.4 Å². The van der Waals surface area contributed by atoms with Crippen molar-refractivity contribution in [3.8, 4) is 0 Å². The van der Waals surface area contributed by atoms with Crippen molar-refractivity contribution >= 4 is 40.5 Å². The number of carbonyl (C=O) groups is 1. The normalized spacial score (nSPS) is 14.5. The highest BCUT2D eigenvalue weighted by Crippen LogP contribution is 2.31. The number of hydrogen-bond acceptors (Lipinski definition) is 2. The van der Waals surface area contributed by atoms with Crippen molar-refractivity contribution < 1.29 is 9.18 Å². The number of benzene rings is 2. The van der Waals surface area contributed by atoms with Crippen molar-refractivity contribution in [2.45, 2.75) is 19.3 Å². The highest BCUT2D eigenvalue weighted by Gasteiger charge is 2.16. The summed E-state index contributed by atoms with van der Waals surface area (Å²) in [4.78, 5) is 14.5. The van der Waals surface area contributed by atoms with Gasteiger partial charge in [0.05, 0.1) is 21.3 Å². The van der Waals surface area contributed by atoms with E-state index in [9.17, 15) is 9.18 Å². The number of amides is 1. The van der Waals surface area contributed by atoms with Crippen LogP contribution < -0.4 is 10.2 Å². The summed E-state index contributed by atoms with van der Waals surface area (Å²) in [7, 11) is 0. The van der Waals surface area contributed by atoms with Crippen LogP contribution in [-0.2, 0) is 0 Å². The Morgan fingerprint density at radius 2 is 1.75 bits per heavy atom. The number of nitrogens with one attached hydrogen (secondary N) is 1. The second-order valence-electron chi connectivity index (χ2n) is 5.79. The molecule has 1 heterocycles. The van der Waals surface area contributed by atoms with Gasteiger partial charge in [-0.15, -0.1) is 0 Å². The predicted molar refractivity (Wildman–Crippen MR) is 96.9 cm³/mol. The zero-order valence-electron chi connectivity index (χ0n) is 13.0. The van der Waals surface area contributed by atoms with Gasteiger partial charge in [0.2, 0.25) is 0 Å². The van der Waals surface area contributed by atoms with Gasteiger partial charge in [0.15, 0.2) is 0 Å². The van der Waals surface area contributed by atoms with Crippen LogP contribution in [0, 0.1) is 5.82 Å². The summed E-state index contributed by atoms with van der Waals surface area (Å²) in [5, 5.41) is 3.41. The molecule has 3 rings (SSSR count). The predicted octanol–water partition coefficient (Wildman–Crippen LogP) is 5.38. The van der Waals surface area contributed by atoms with Crippen LogP contribution in [-0.4, -0.2) is 19.0 Å². The average Bonchev–Trinajstić information content (AvgIpc) is 2.55. The van der Waals surface area contributed by atoms with E-state index >= 15 is 0 Å². The van der Waals surface area contributed by atoms with E-state index < -0.39 is 11.7 Å². The van der Waals surface area contributed by atoms with Gasteiger partial charge in [-0.3, -0.25) is 4.79 Å². The Morgan fingerprint density at radius 3 is 2.42 bits per heavy atom. The van der Waals surface area contributed by atoms with Crippen molar-refractivity contribution in [3.05, 3.63) is 57.8 Å². The summed E-state index contributed by atoms with van der Waals surface area (Å²) in [6, 6.07) is 9.12. The van der Waals surface area contributed by atoms with Gasteiger partial charge in [0.25, 0.3) is 5.91 Å². The first-order valence-corrected chi connectivity index (χ1v) is 8.61. The molecule has 1 aliphatic heterocycles. The minimum atomic E-state index is -0.481. The minimum Gasteiger partial charge on any atom is -0.370 e. The molecule has 1 amide bonds. The fourth-order valence-electron chi connectivity index (χ4n) is 2.85. The molecule has 2 aromatic rings. The summed E-state index contributed by atoms with van der Waals surface area (Å²) in [5.41, 5.74) is 1.77. The Bertz CT molecular complexity index is 761. The standard InChI is InChI=1S/C18H17Cl2FN2O/c19-15-10-12(21)4-6-14(15)18(24)22-13-5-7-17(16(20)11-13)23-8-2-1-3-9-23/h4-7,10-11H,1-3,8-9H2,(H,22,24). The maximum atomic E-state index is 13.1. The Morgan fingerprint density at radius 1 is 1.00 bits per heavy atom. The first-order valence-electron chi connectivity index (χ1n) is 7.85. The molecule has 1 saturated heterocycles. The Labute approximate surface area is 150 Å². The summed E-state index contributed by atoms with van der Waals surface area (Å²) >= 11 is 12.3. The van der Waals surface area contributed by atoms with Gasteiger partial charge in [0.1, 0.15) is 5.82 Å². The molecule has 0 unspecified atom stereocenters. The Kier molecular flexibility index (Phi) is 5.27. The molecule has 1 fully saturated rings. The molecule has 0 aliphatic carbocycles. The fraction of sp³-hybridized carbons (Fsp3) is 0.278. The van der Waals surface area contributed by atoms with E-state index in [1.165, 1.54) is 18.6 Å². The van der Waals surface area contributed by atoms with E-state index in [4.69, 9.17) is 23.2 Å². The molecule has 1 aliphatic rings. The fourth-order valence-corrected chi connectivity index (χ4v) is 3.40. The van der Waals surface area contributed by atoms with Crippen LogP contribution in [0.5, 0.6) is 0 Å². The topological polar surface area (TPSA) is 32.3 Å². The lowest BCUT2D eigenvalue weighted by Gasteiger charge is -2.29. The summed E-state index contributed by atoms with van der Waals surface area (Å²) in [5.74, 6) is -0.882. The SMILES string of the molecule is O=C(Nc1ccc(N2CCCCC2)c(Cl)c1)c1ccc(F)cc1Cl. The molecule has 0 aromatic heterocycles. The molecular formula is C18H17Cl2FN2O. The molecule has 126 valence electrons. The first-order chi connectivity index (χ1) is 11.5. The number of carbonyl (C=O) groups excluding carboxylic acids is 1. The largest absolute Gasteiger partial charge is 0.370 e. The van der Waals surface area contributed by atoms with E-state index in [1.54, 1.807) is 6.07 Å². The third-order valence-electron chi connectivity index (χ3n) is 4.08. The summed E-state index contributed by atoms with van der Waals surface area (Å²) < 4.78 is 13.1. The lowest BCUT2D eigenvalue weighted by Crippen LogP contribution is -2.29. The van der Waals surface area contributed by atoms with E-state index in [-0.39, 0.29) is 10.6 Å². The van der Waals surface area contributed by atoms with E-state index in [0.717, 1.165) is 37.7 Å². The summed E-state index contributed by atoms with van der Waals surface area (Å²) in [6.07, 6.45) is 3.58. The molecule has 0 spiro atoms. The zero-order chi connectivity index (χ0) is 17.1. The lowest BCUT2D eigenvalue weighted by molar-refractivity contribution is 0.102. The highest BCUT2D eigenvalue weighted by molar-refractivity contribution is 6.35. The van der Waals surface area contributed by atoms with Crippen molar-refractivity contribution in [2.75, 3.05) is 23.3 Å². The van der Waals surface area contributed by atoms with Crippen LogP contribution >= 0.6 is 23.2 Å². The third kappa shape index (κ3) is 3.82. The molecule has 0 saturated carbocycles. The van der Waals surface area contributed by atoms with Gasteiger partial charge in [-0.05, 0) is 55.7 Å².